The number of nitrogens with zero attached hydrogens (tertiary/aromatic N) is 2. The number of primary sulfonamides is 1. The van der Waals surface area contributed by atoms with E-state index >= 15 is 0 Å². The van der Waals surface area contributed by atoms with E-state index in [-0.39, 0.29) is 22.4 Å². The van der Waals surface area contributed by atoms with Crippen LogP contribution in [0.5, 0.6) is 0 Å². The Hall–Kier alpha value is -1.75. The van der Waals surface area contributed by atoms with Crippen LogP contribution in [0.15, 0.2) is 23.1 Å². The molecule has 3 rings (SSSR count). The first-order chi connectivity index (χ1) is 11.3. The van der Waals surface area contributed by atoms with Gasteiger partial charge in [-0.15, -0.1) is 0 Å². The summed E-state index contributed by atoms with van der Waals surface area (Å²) in [5, 5.41) is 19.2. The van der Waals surface area contributed by atoms with Crippen LogP contribution in [0.1, 0.15) is 12.8 Å². The van der Waals surface area contributed by atoms with Crippen LogP contribution < -0.4 is 10.5 Å². The van der Waals surface area contributed by atoms with E-state index in [2.05, 4.69) is 10.2 Å². The summed E-state index contributed by atoms with van der Waals surface area (Å²) in [6.45, 7) is 2.78. The Morgan fingerprint density at radius 3 is 2.79 bits per heavy atom. The second-order valence-corrected chi connectivity index (χ2v) is 7.64. The number of nitrogens with two attached hydrogens (primary N) is 1. The Labute approximate surface area is 140 Å². The smallest absolute Gasteiger partial charge is 0.293 e. The zero-order valence-electron chi connectivity index (χ0n) is 13.1. The molecule has 1 aliphatic heterocycles. The lowest BCUT2D eigenvalue weighted by atomic mass is 10.2. The number of hydrogen-bond donors (Lipinski definition) is 2. The van der Waals surface area contributed by atoms with Gasteiger partial charge in [-0.05, 0) is 25.0 Å². The summed E-state index contributed by atoms with van der Waals surface area (Å²) < 4.78 is 28.4. The van der Waals surface area contributed by atoms with Crippen molar-refractivity contribution >= 4 is 21.4 Å². The number of anilines is 1. The van der Waals surface area contributed by atoms with Crippen LogP contribution in [0.2, 0.25) is 0 Å². The van der Waals surface area contributed by atoms with Gasteiger partial charge in [0.1, 0.15) is 5.69 Å². The summed E-state index contributed by atoms with van der Waals surface area (Å²) in [6, 6.07) is 4.23. The summed E-state index contributed by atoms with van der Waals surface area (Å²) in [6.07, 6.45) is 2.39. The van der Waals surface area contributed by atoms with Gasteiger partial charge >= 0.3 is 0 Å². The molecule has 1 atom stereocenters. The Balaban J connectivity index is 1.69. The van der Waals surface area contributed by atoms with Crippen LogP contribution in [0, 0.1) is 10.1 Å². The number of benzene rings is 1. The van der Waals surface area contributed by atoms with Gasteiger partial charge in [0.05, 0.1) is 22.5 Å². The van der Waals surface area contributed by atoms with Gasteiger partial charge in [-0.1, -0.05) is 0 Å². The molecule has 2 aliphatic rings. The lowest BCUT2D eigenvalue weighted by Crippen LogP contribution is -2.46. The average molecular weight is 356 g/mol. The molecule has 24 heavy (non-hydrogen) atoms. The lowest BCUT2D eigenvalue weighted by Gasteiger charge is -2.33. The topological polar surface area (TPSA) is 128 Å². The van der Waals surface area contributed by atoms with E-state index in [0.29, 0.717) is 19.2 Å². The summed E-state index contributed by atoms with van der Waals surface area (Å²) in [5.41, 5.74) is -0.0732. The summed E-state index contributed by atoms with van der Waals surface area (Å²) in [7, 11) is -3.98. The maximum absolute atomic E-state index is 11.3. The average Bonchev–Trinajstić information content (AvgIpc) is 3.37. The summed E-state index contributed by atoms with van der Waals surface area (Å²) >= 11 is 0. The van der Waals surface area contributed by atoms with E-state index in [1.54, 1.807) is 0 Å². The molecule has 132 valence electrons. The van der Waals surface area contributed by atoms with Crippen molar-refractivity contribution in [3.8, 4) is 0 Å². The molecule has 0 bridgehead atoms. The highest BCUT2D eigenvalue weighted by atomic mass is 32.2. The molecular formula is C14H20N4O5S. The van der Waals surface area contributed by atoms with Gasteiger partial charge in [0, 0.05) is 31.7 Å². The zero-order valence-corrected chi connectivity index (χ0v) is 13.9. The number of morpholine rings is 1. The molecular weight excluding hydrogens is 336 g/mol. The second kappa shape index (κ2) is 6.63. The third kappa shape index (κ3) is 4.01. The molecule has 2 fully saturated rings. The first-order valence-corrected chi connectivity index (χ1v) is 9.30. The molecule has 10 heteroatoms. The van der Waals surface area contributed by atoms with Gasteiger partial charge in [-0.3, -0.25) is 15.0 Å². The minimum atomic E-state index is -3.98. The van der Waals surface area contributed by atoms with E-state index in [0.717, 1.165) is 19.2 Å². The lowest BCUT2D eigenvalue weighted by molar-refractivity contribution is -0.384. The Bertz CT molecular complexity index is 735. The largest absolute Gasteiger partial charge is 0.377 e. The van der Waals surface area contributed by atoms with Gasteiger partial charge in [-0.2, -0.15) is 0 Å². The van der Waals surface area contributed by atoms with E-state index in [9.17, 15) is 18.5 Å². The van der Waals surface area contributed by atoms with Crippen molar-refractivity contribution in [1.82, 2.24) is 4.90 Å². The van der Waals surface area contributed by atoms with Crippen molar-refractivity contribution in [2.45, 2.75) is 29.9 Å². The number of nitro groups is 1. The molecule has 1 saturated heterocycles. The van der Waals surface area contributed by atoms with Gasteiger partial charge in [0.2, 0.25) is 10.0 Å². The third-order valence-corrected chi connectivity index (χ3v) is 5.16. The van der Waals surface area contributed by atoms with E-state index < -0.39 is 14.9 Å². The zero-order chi connectivity index (χ0) is 17.3. The predicted molar refractivity (Wildman–Crippen MR) is 87.3 cm³/mol. The van der Waals surface area contributed by atoms with Crippen LogP contribution in [0.4, 0.5) is 11.4 Å². The molecule has 1 aliphatic carbocycles. The van der Waals surface area contributed by atoms with Crippen molar-refractivity contribution in [2.24, 2.45) is 5.14 Å². The molecule has 0 unspecified atom stereocenters. The molecule has 1 saturated carbocycles. The normalized spacial score (nSPS) is 22.3. The fourth-order valence-corrected chi connectivity index (χ4v) is 3.38. The minimum Gasteiger partial charge on any atom is -0.377 e. The fraction of sp³-hybridized carbons (Fsp3) is 0.571. The molecule has 0 amide bonds. The first-order valence-electron chi connectivity index (χ1n) is 7.75. The standard InChI is InChI=1S/C14H20N4O5S/c15-24(21,22)12-3-4-13(14(7-12)18(19)20)16-8-11-9-17(5-6-23-11)10-1-2-10/h3-4,7,10-11,16H,1-2,5-6,8-9H2,(H2,15,21,22)/t11-/m1/s1. The maximum atomic E-state index is 11.3. The number of nitrogens with one attached hydrogen (secondary N) is 1. The second-order valence-electron chi connectivity index (χ2n) is 6.08. The molecule has 1 aromatic rings. The molecule has 1 heterocycles. The molecule has 3 N–H and O–H groups in total. The predicted octanol–water partition coefficient (Wildman–Crippen LogP) is 0.517. The van der Waals surface area contributed by atoms with E-state index in [1.165, 1.54) is 25.0 Å². The summed E-state index contributed by atoms with van der Waals surface area (Å²) in [5.74, 6) is 0. The van der Waals surface area contributed by atoms with Crippen LogP contribution in [-0.4, -0.2) is 56.6 Å². The van der Waals surface area contributed by atoms with Crippen molar-refractivity contribution in [2.75, 3.05) is 31.6 Å². The van der Waals surface area contributed by atoms with Gasteiger partial charge in [-0.25, -0.2) is 13.6 Å². The highest BCUT2D eigenvalue weighted by Crippen LogP contribution is 2.29. The highest BCUT2D eigenvalue weighted by Gasteiger charge is 2.33. The maximum Gasteiger partial charge on any atom is 0.293 e. The molecule has 0 radical (unpaired) electrons. The Morgan fingerprint density at radius 1 is 1.42 bits per heavy atom. The van der Waals surface area contributed by atoms with Crippen LogP contribution in [-0.2, 0) is 14.8 Å². The van der Waals surface area contributed by atoms with Gasteiger partial charge in [0.15, 0.2) is 0 Å². The first kappa shape index (κ1) is 17.1. The van der Waals surface area contributed by atoms with Crippen LogP contribution >= 0.6 is 0 Å². The quantitative estimate of drug-likeness (QED) is 0.561. The van der Waals surface area contributed by atoms with E-state index in [1.807, 2.05) is 0 Å². The molecule has 1 aromatic carbocycles. The highest BCUT2D eigenvalue weighted by molar-refractivity contribution is 7.89. The van der Waals surface area contributed by atoms with E-state index in [4.69, 9.17) is 9.88 Å². The number of rotatable bonds is 6. The van der Waals surface area contributed by atoms with Crippen molar-refractivity contribution in [3.63, 3.8) is 0 Å². The van der Waals surface area contributed by atoms with Crippen molar-refractivity contribution < 1.29 is 18.1 Å². The number of ether oxygens (including phenoxy) is 1. The molecule has 9 nitrogen and oxygen atoms in total. The third-order valence-electron chi connectivity index (χ3n) is 4.25. The Kier molecular flexibility index (Phi) is 4.72. The van der Waals surface area contributed by atoms with Gasteiger partial charge < -0.3 is 10.1 Å². The van der Waals surface area contributed by atoms with Crippen molar-refractivity contribution in [3.05, 3.63) is 28.3 Å². The van der Waals surface area contributed by atoms with Crippen molar-refractivity contribution in [1.29, 1.82) is 0 Å². The van der Waals surface area contributed by atoms with Crippen LogP contribution in [0.25, 0.3) is 0 Å². The Morgan fingerprint density at radius 2 is 2.17 bits per heavy atom. The monoisotopic (exact) mass is 356 g/mol. The molecule has 0 aromatic heterocycles. The summed E-state index contributed by atoms with van der Waals surface area (Å²) in [4.78, 5) is 12.7. The number of sulfonamides is 1. The molecule has 0 spiro atoms. The minimum absolute atomic E-state index is 0.0585. The SMILES string of the molecule is NS(=O)(=O)c1ccc(NC[C@@H]2CN(C3CC3)CCO2)c([N+](=O)[O-])c1. The number of hydrogen-bond acceptors (Lipinski definition) is 7. The van der Waals surface area contributed by atoms with Crippen LogP contribution in [0.3, 0.4) is 0 Å². The fourth-order valence-electron chi connectivity index (χ4n) is 2.85. The van der Waals surface area contributed by atoms with Gasteiger partial charge in [0.25, 0.3) is 5.69 Å². The number of nitro benzene ring substituents is 1.